The van der Waals surface area contributed by atoms with Crippen molar-refractivity contribution in [1.82, 2.24) is 9.46 Å². The fourth-order valence-corrected chi connectivity index (χ4v) is 4.43. The first-order valence-corrected chi connectivity index (χ1v) is 8.72. The number of hydrogen-bond acceptors (Lipinski definition) is 5. The molecule has 122 valence electrons. The molecule has 1 aliphatic rings. The molecule has 7 nitrogen and oxygen atoms in total. The van der Waals surface area contributed by atoms with Crippen molar-refractivity contribution in [2.45, 2.75) is 25.1 Å². The Bertz CT molecular complexity index is 843. The minimum atomic E-state index is -3.83. The molecular weight excluding hydrogens is 320 g/mol. The van der Waals surface area contributed by atoms with E-state index in [1.165, 1.54) is 6.07 Å². The standard InChI is InChI=1S/C15H16N2O5S/c1-10-8-12(16-22-10)9-23(20,21)17-7-6-11-4-2-3-5-13(11)14(17)15(18)19/h2-5,8,14H,6-7,9H2,1H3,(H,18,19). The summed E-state index contributed by atoms with van der Waals surface area (Å²) >= 11 is 0. The number of carboxylic acids is 1. The van der Waals surface area contributed by atoms with Crippen molar-refractivity contribution in [3.63, 3.8) is 0 Å². The zero-order chi connectivity index (χ0) is 16.6. The second-order valence-electron chi connectivity index (χ2n) is 5.49. The first-order valence-electron chi connectivity index (χ1n) is 7.11. The van der Waals surface area contributed by atoms with Gasteiger partial charge in [0.1, 0.15) is 23.2 Å². The summed E-state index contributed by atoms with van der Waals surface area (Å²) in [5.41, 5.74) is 1.65. The van der Waals surface area contributed by atoms with Crippen LogP contribution in [0.2, 0.25) is 0 Å². The molecule has 1 aromatic carbocycles. The van der Waals surface area contributed by atoms with Gasteiger partial charge in [0.05, 0.1) is 0 Å². The molecule has 0 spiro atoms. The van der Waals surface area contributed by atoms with E-state index in [9.17, 15) is 18.3 Å². The van der Waals surface area contributed by atoms with Gasteiger partial charge < -0.3 is 9.63 Å². The van der Waals surface area contributed by atoms with E-state index in [4.69, 9.17) is 4.52 Å². The summed E-state index contributed by atoms with van der Waals surface area (Å²) in [6.07, 6.45) is 0.483. The lowest BCUT2D eigenvalue weighted by Gasteiger charge is -2.33. The third-order valence-electron chi connectivity index (χ3n) is 3.84. The number of hydrogen-bond donors (Lipinski definition) is 1. The van der Waals surface area contributed by atoms with Gasteiger partial charge in [0.2, 0.25) is 10.0 Å². The van der Waals surface area contributed by atoms with Crippen LogP contribution in [-0.2, 0) is 27.0 Å². The van der Waals surface area contributed by atoms with E-state index in [2.05, 4.69) is 5.16 Å². The average Bonchev–Trinajstić information content (AvgIpc) is 2.90. The quantitative estimate of drug-likeness (QED) is 0.908. The number of rotatable bonds is 4. The molecule has 0 radical (unpaired) electrons. The lowest BCUT2D eigenvalue weighted by atomic mass is 9.94. The van der Waals surface area contributed by atoms with Crippen LogP contribution in [0.3, 0.4) is 0 Å². The van der Waals surface area contributed by atoms with Crippen molar-refractivity contribution in [3.8, 4) is 0 Å². The number of carboxylic acid groups (broad SMARTS) is 1. The highest BCUT2D eigenvalue weighted by atomic mass is 32.2. The first kappa shape index (κ1) is 15.7. The van der Waals surface area contributed by atoms with Crippen molar-refractivity contribution < 1.29 is 22.8 Å². The van der Waals surface area contributed by atoms with Crippen LogP contribution in [-0.4, -0.2) is 35.5 Å². The molecule has 3 rings (SSSR count). The molecule has 0 saturated heterocycles. The van der Waals surface area contributed by atoms with Gasteiger partial charge in [0.15, 0.2) is 0 Å². The van der Waals surface area contributed by atoms with Crippen molar-refractivity contribution in [2.75, 3.05) is 6.54 Å². The highest BCUT2D eigenvalue weighted by Crippen LogP contribution is 2.33. The van der Waals surface area contributed by atoms with Gasteiger partial charge >= 0.3 is 5.97 Å². The number of sulfonamides is 1. The Morgan fingerprint density at radius 3 is 2.83 bits per heavy atom. The summed E-state index contributed by atoms with van der Waals surface area (Å²) in [6, 6.07) is 7.35. The van der Waals surface area contributed by atoms with E-state index in [1.807, 2.05) is 12.1 Å². The summed E-state index contributed by atoms with van der Waals surface area (Å²) < 4.78 is 31.3. The maximum Gasteiger partial charge on any atom is 0.326 e. The first-order chi connectivity index (χ1) is 10.9. The van der Waals surface area contributed by atoms with Crippen molar-refractivity contribution in [3.05, 3.63) is 52.9 Å². The van der Waals surface area contributed by atoms with Crippen LogP contribution < -0.4 is 0 Å². The molecule has 1 unspecified atom stereocenters. The predicted molar refractivity (Wildman–Crippen MR) is 81.1 cm³/mol. The summed E-state index contributed by atoms with van der Waals surface area (Å²) in [4.78, 5) is 11.7. The van der Waals surface area contributed by atoms with Crippen LogP contribution in [0.4, 0.5) is 0 Å². The Hall–Kier alpha value is -2.19. The number of carbonyl (C=O) groups is 1. The van der Waals surface area contributed by atoms with E-state index < -0.39 is 22.0 Å². The van der Waals surface area contributed by atoms with Crippen molar-refractivity contribution in [1.29, 1.82) is 0 Å². The number of nitrogens with zero attached hydrogens (tertiary/aromatic N) is 2. The number of fused-ring (bicyclic) bond motifs is 1. The van der Waals surface area contributed by atoms with Gasteiger partial charge in [-0.05, 0) is 24.5 Å². The molecule has 1 atom stereocenters. The van der Waals surface area contributed by atoms with Gasteiger partial charge in [-0.15, -0.1) is 0 Å². The van der Waals surface area contributed by atoms with E-state index >= 15 is 0 Å². The normalized spacial score (nSPS) is 18.6. The molecule has 1 N–H and O–H groups in total. The third-order valence-corrected chi connectivity index (χ3v) is 5.61. The summed E-state index contributed by atoms with van der Waals surface area (Å²) in [5.74, 6) is -1.05. The van der Waals surface area contributed by atoms with Gasteiger partial charge in [0, 0.05) is 12.6 Å². The van der Waals surface area contributed by atoms with Crippen molar-refractivity contribution in [2.24, 2.45) is 0 Å². The Morgan fingerprint density at radius 2 is 2.17 bits per heavy atom. The largest absolute Gasteiger partial charge is 0.480 e. The van der Waals surface area contributed by atoms with Crippen molar-refractivity contribution >= 4 is 16.0 Å². The summed E-state index contributed by atoms with van der Waals surface area (Å²) in [7, 11) is -3.83. The topological polar surface area (TPSA) is 101 Å². The molecular formula is C15H16N2O5S. The maximum atomic E-state index is 12.7. The molecule has 0 fully saturated rings. The van der Waals surface area contributed by atoms with E-state index in [0.29, 0.717) is 17.7 Å². The Morgan fingerprint density at radius 1 is 1.43 bits per heavy atom. The van der Waals surface area contributed by atoms with Crippen LogP contribution in [0.25, 0.3) is 0 Å². The molecule has 2 aromatic rings. The van der Waals surface area contributed by atoms with Gasteiger partial charge in [-0.3, -0.25) is 4.79 Å². The van der Waals surface area contributed by atoms with Gasteiger partial charge in [0.25, 0.3) is 0 Å². The van der Waals surface area contributed by atoms with Gasteiger partial charge in [-0.2, -0.15) is 4.31 Å². The zero-order valence-electron chi connectivity index (χ0n) is 12.5. The smallest absolute Gasteiger partial charge is 0.326 e. The summed E-state index contributed by atoms with van der Waals surface area (Å²) in [6.45, 7) is 1.80. The van der Waals surface area contributed by atoms with E-state index in [0.717, 1.165) is 9.87 Å². The van der Waals surface area contributed by atoms with E-state index in [1.54, 1.807) is 19.1 Å². The third kappa shape index (κ3) is 2.99. The average molecular weight is 336 g/mol. The van der Waals surface area contributed by atoms with Crippen LogP contribution in [0.15, 0.2) is 34.9 Å². The number of benzene rings is 1. The number of aliphatic carboxylic acids is 1. The zero-order valence-corrected chi connectivity index (χ0v) is 13.3. The van der Waals surface area contributed by atoms with Crippen LogP contribution in [0.5, 0.6) is 0 Å². The molecule has 1 aliphatic heterocycles. The minimum absolute atomic E-state index is 0.132. The highest BCUT2D eigenvalue weighted by Gasteiger charge is 2.40. The Kier molecular flexibility index (Phi) is 3.95. The predicted octanol–water partition coefficient (Wildman–Crippen LogP) is 1.50. The number of aryl methyl sites for hydroxylation is 1. The molecule has 0 saturated carbocycles. The van der Waals surface area contributed by atoms with E-state index in [-0.39, 0.29) is 18.0 Å². The lowest BCUT2D eigenvalue weighted by Crippen LogP contribution is -2.44. The minimum Gasteiger partial charge on any atom is -0.480 e. The Balaban J connectivity index is 1.96. The molecule has 8 heteroatoms. The second kappa shape index (κ2) is 5.78. The summed E-state index contributed by atoms with van der Waals surface area (Å²) in [5, 5.41) is 13.2. The van der Waals surface area contributed by atoms with Crippen LogP contribution >= 0.6 is 0 Å². The van der Waals surface area contributed by atoms with Crippen LogP contribution in [0, 0.1) is 6.92 Å². The molecule has 0 bridgehead atoms. The molecule has 2 heterocycles. The molecule has 0 aliphatic carbocycles. The SMILES string of the molecule is Cc1cc(CS(=O)(=O)N2CCc3ccccc3C2C(=O)O)no1. The monoisotopic (exact) mass is 336 g/mol. The number of aromatic nitrogens is 1. The second-order valence-corrected chi connectivity index (χ2v) is 7.41. The lowest BCUT2D eigenvalue weighted by molar-refractivity contribution is -0.142. The fourth-order valence-electron chi connectivity index (χ4n) is 2.86. The van der Waals surface area contributed by atoms with Gasteiger partial charge in [-0.25, -0.2) is 8.42 Å². The maximum absolute atomic E-state index is 12.7. The highest BCUT2D eigenvalue weighted by molar-refractivity contribution is 7.88. The van der Waals surface area contributed by atoms with Crippen LogP contribution in [0.1, 0.15) is 28.6 Å². The van der Waals surface area contributed by atoms with Gasteiger partial charge in [-0.1, -0.05) is 29.4 Å². The molecule has 0 amide bonds. The Labute approximate surface area is 133 Å². The fraction of sp³-hybridized carbons (Fsp3) is 0.333. The molecule has 1 aromatic heterocycles. The molecule has 23 heavy (non-hydrogen) atoms.